The van der Waals surface area contributed by atoms with E-state index >= 15 is 0 Å². The van der Waals surface area contributed by atoms with Gasteiger partial charge in [0.1, 0.15) is 14.9 Å². The minimum absolute atomic E-state index is 0.143. The van der Waals surface area contributed by atoms with Gasteiger partial charge in [-0.15, -0.1) is 11.3 Å². The van der Waals surface area contributed by atoms with Crippen LogP contribution in [-0.2, 0) is 4.74 Å². The highest BCUT2D eigenvalue weighted by atomic mass is 79.9. The van der Waals surface area contributed by atoms with Gasteiger partial charge in [-0.1, -0.05) is 34.1 Å². The molecule has 2 aromatic heterocycles. The van der Waals surface area contributed by atoms with Crippen molar-refractivity contribution in [2.45, 2.75) is 6.92 Å². The van der Waals surface area contributed by atoms with Crippen LogP contribution in [-0.4, -0.2) is 28.9 Å². The number of rotatable bonds is 3. The number of ether oxygens (including phenoxy) is 1. The van der Waals surface area contributed by atoms with Crippen LogP contribution in [0.3, 0.4) is 0 Å². The van der Waals surface area contributed by atoms with Gasteiger partial charge in [-0.05, 0) is 36.8 Å². The van der Waals surface area contributed by atoms with Gasteiger partial charge in [0, 0.05) is 29.5 Å². The number of benzene rings is 1. The normalized spacial score (nSPS) is 15.5. The van der Waals surface area contributed by atoms with Crippen LogP contribution in [0, 0.1) is 0 Å². The summed E-state index contributed by atoms with van der Waals surface area (Å²) in [5, 5.41) is 0. The maximum atomic E-state index is 13.1. The average molecular weight is 457 g/mol. The molecule has 1 aliphatic rings. The topological polar surface area (TPSA) is 51.0 Å². The number of hydrogen-bond donors (Lipinski definition) is 0. The predicted octanol–water partition coefficient (Wildman–Crippen LogP) is 3.81. The van der Waals surface area contributed by atoms with Crippen LogP contribution in [0.2, 0.25) is 0 Å². The van der Waals surface area contributed by atoms with Gasteiger partial charge in [0.15, 0.2) is 0 Å². The van der Waals surface area contributed by atoms with Crippen molar-refractivity contribution in [3.63, 3.8) is 0 Å². The van der Waals surface area contributed by atoms with E-state index in [-0.39, 0.29) is 12.2 Å². The van der Waals surface area contributed by atoms with Crippen LogP contribution in [0.15, 0.2) is 64.2 Å². The number of carbonyl (C=O) groups excluding carboxylic acids is 1. The molecular weight excluding hydrogens is 440 g/mol. The highest BCUT2D eigenvalue weighted by Crippen LogP contribution is 2.31. The summed E-state index contributed by atoms with van der Waals surface area (Å²) >= 11 is 4.73. The molecule has 0 amide bonds. The molecule has 0 aliphatic carbocycles. The van der Waals surface area contributed by atoms with Crippen molar-refractivity contribution in [1.82, 2.24) is 9.30 Å². The molecule has 1 aliphatic heterocycles. The first-order valence-electron chi connectivity index (χ1n) is 8.74. The molecule has 1 aromatic carbocycles. The maximum absolute atomic E-state index is 13.1. The highest BCUT2D eigenvalue weighted by molar-refractivity contribution is 9.10. The van der Waals surface area contributed by atoms with E-state index in [1.54, 1.807) is 17.5 Å². The first kappa shape index (κ1) is 18.7. The molecule has 28 heavy (non-hydrogen) atoms. The number of hydrogen-bond acceptors (Lipinski definition) is 5. The second-order valence-electron chi connectivity index (χ2n) is 6.25. The Morgan fingerprint density at radius 2 is 1.96 bits per heavy atom. The van der Waals surface area contributed by atoms with Gasteiger partial charge in [0.05, 0.1) is 12.3 Å². The SMILES string of the molecule is CCOC(=O)c1c(-c2ccc(Br)cc2)cn2c(=O)c(=C3C=CC=CN3C)sc12. The second-order valence-corrected chi connectivity index (χ2v) is 8.17. The molecule has 0 saturated carbocycles. The largest absolute Gasteiger partial charge is 0.462 e. The molecule has 3 heterocycles. The monoisotopic (exact) mass is 456 g/mol. The quantitative estimate of drug-likeness (QED) is 0.562. The fourth-order valence-corrected chi connectivity index (χ4v) is 4.65. The van der Waals surface area contributed by atoms with E-state index in [4.69, 9.17) is 4.74 Å². The molecule has 5 nitrogen and oxygen atoms in total. The minimum atomic E-state index is -0.423. The van der Waals surface area contributed by atoms with Crippen LogP contribution in [0.5, 0.6) is 0 Å². The fourth-order valence-electron chi connectivity index (χ4n) is 3.16. The number of nitrogens with zero attached hydrogens (tertiary/aromatic N) is 2. The molecule has 0 atom stereocenters. The zero-order chi connectivity index (χ0) is 19.8. The van der Waals surface area contributed by atoms with E-state index in [2.05, 4.69) is 15.9 Å². The Hall–Kier alpha value is -2.64. The number of allylic oxidation sites excluding steroid dienone is 2. The summed E-state index contributed by atoms with van der Waals surface area (Å²) in [6.45, 7) is 2.04. The molecule has 142 valence electrons. The van der Waals surface area contributed by atoms with E-state index in [0.717, 1.165) is 15.7 Å². The molecule has 7 heteroatoms. The van der Waals surface area contributed by atoms with Crippen molar-refractivity contribution in [3.05, 3.63) is 79.8 Å². The van der Waals surface area contributed by atoms with Crippen LogP contribution < -0.4 is 10.1 Å². The van der Waals surface area contributed by atoms with E-state index < -0.39 is 5.97 Å². The highest BCUT2D eigenvalue weighted by Gasteiger charge is 2.24. The Bertz CT molecular complexity index is 1240. The van der Waals surface area contributed by atoms with Crippen molar-refractivity contribution >= 4 is 43.8 Å². The lowest BCUT2D eigenvalue weighted by atomic mass is 10.1. The number of aromatic nitrogens is 1. The summed E-state index contributed by atoms with van der Waals surface area (Å²) in [4.78, 5) is 28.4. The van der Waals surface area contributed by atoms with E-state index in [1.165, 1.54) is 11.3 Å². The molecule has 0 saturated heterocycles. The Labute approximate surface area is 174 Å². The first-order valence-corrected chi connectivity index (χ1v) is 10.3. The molecule has 0 spiro atoms. The molecule has 0 fully saturated rings. The number of likely N-dealkylation sites (N-methyl/N-ethyl adjacent to an activating group) is 1. The van der Waals surface area contributed by atoms with Crippen molar-refractivity contribution in [2.75, 3.05) is 13.7 Å². The maximum Gasteiger partial charge on any atom is 0.341 e. The Balaban J connectivity index is 2.01. The number of carbonyl (C=O) groups is 1. The summed E-state index contributed by atoms with van der Waals surface area (Å²) < 4.78 is 8.38. The molecule has 0 radical (unpaired) electrons. The molecule has 0 unspecified atom stereocenters. The van der Waals surface area contributed by atoms with Gasteiger partial charge in [-0.2, -0.15) is 0 Å². The van der Waals surface area contributed by atoms with Gasteiger partial charge in [0.2, 0.25) is 0 Å². The van der Waals surface area contributed by atoms with Gasteiger partial charge in [-0.25, -0.2) is 4.79 Å². The summed E-state index contributed by atoms with van der Waals surface area (Å²) in [6, 6.07) is 7.64. The fraction of sp³-hybridized carbons (Fsp3) is 0.143. The van der Waals surface area contributed by atoms with Crippen molar-refractivity contribution in [2.24, 2.45) is 0 Å². The summed E-state index contributed by atoms with van der Waals surface area (Å²) in [5.41, 5.74) is 2.64. The molecular formula is C21H17BrN2O3S. The molecule has 0 bridgehead atoms. The van der Waals surface area contributed by atoms with Crippen LogP contribution >= 0.6 is 27.3 Å². The molecule has 3 aromatic rings. The van der Waals surface area contributed by atoms with Gasteiger partial charge < -0.3 is 9.64 Å². The average Bonchev–Trinajstić information content (AvgIpc) is 3.20. The van der Waals surface area contributed by atoms with E-state index in [0.29, 0.717) is 20.5 Å². The Kier molecular flexibility index (Phi) is 4.95. The van der Waals surface area contributed by atoms with Gasteiger partial charge in [0.25, 0.3) is 5.56 Å². The smallest absolute Gasteiger partial charge is 0.341 e. The summed E-state index contributed by atoms with van der Waals surface area (Å²) in [5.74, 6) is -0.423. The third kappa shape index (κ3) is 3.10. The second kappa shape index (κ2) is 7.41. The summed E-state index contributed by atoms with van der Waals surface area (Å²) in [6.07, 6.45) is 9.32. The minimum Gasteiger partial charge on any atom is -0.462 e. The van der Waals surface area contributed by atoms with Crippen LogP contribution in [0.4, 0.5) is 0 Å². The van der Waals surface area contributed by atoms with E-state index in [9.17, 15) is 9.59 Å². The summed E-state index contributed by atoms with van der Waals surface area (Å²) in [7, 11) is 1.89. The number of halogens is 1. The van der Waals surface area contributed by atoms with Crippen LogP contribution in [0.1, 0.15) is 17.3 Å². The predicted molar refractivity (Wildman–Crippen MR) is 115 cm³/mol. The first-order chi connectivity index (χ1) is 13.5. The van der Waals surface area contributed by atoms with Crippen molar-refractivity contribution in [3.8, 4) is 11.1 Å². The van der Waals surface area contributed by atoms with E-state index in [1.807, 2.05) is 60.6 Å². The Morgan fingerprint density at radius 1 is 1.21 bits per heavy atom. The third-order valence-electron chi connectivity index (χ3n) is 4.49. The van der Waals surface area contributed by atoms with Gasteiger partial charge >= 0.3 is 5.97 Å². The lowest BCUT2D eigenvalue weighted by Crippen LogP contribution is -2.29. The third-order valence-corrected chi connectivity index (χ3v) is 6.20. The lowest BCUT2D eigenvalue weighted by molar-refractivity contribution is 0.0530. The Morgan fingerprint density at radius 3 is 2.64 bits per heavy atom. The number of esters is 1. The molecule has 4 rings (SSSR count). The lowest BCUT2D eigenvalue weighted by Gasteiger charge is -2.16. The van der Waals surface area contributed by atoms with Crippen LogP contribution in [0.25, 0.3) is 21.7 Å². The molecule has 0 N–H and O–H groups in total. The standard InChI is InChI=1S/C21H17BrN2O3S/c1-3-27-21(26)17-15(13-7-9-14(22)10-8-13)12-24-19(25)18(28-20(17)24)16-6-4-5-11-23(16)2/h4-12H,3H2,1-2H3. The van der Waals surface area contributed by atoms with Crippen molar-refractivity contribution < 1.29 is 9.53 Å². The number of thiazole rings is 1. The zero-order valence-electron chi connectivity index (χ0n) is 15.3. The van der Waals surface area contributed by atoms with Crippen molar-refractivity contribution in [1.29, 1.82) is 0 Å². The van der Waals surface area contributed by atoms with Gasteiger partial charge in [-0.3, -0.25) is 9.20 Å². The zero-order valence-corrected chi connectivity index (χ0v) is 17.7. The number of fused-ring (bicyclic) bond motifs is 1.